The van der Waals surface area contributed by atoms with Gasteiger partial charge in [-0.1, -0.05) is 12.1 Å². The first-order chi connectivity index (χ1) is 11.5. The molecule has 7 heteroatoms. The Bertz CT molecular complexity index is 714. The number of rotatable bonds is 5. The van der Waals surface area contributed by atoms with Crippen molar-refractivity contribution in [1.82, 2.24) is 10.6 Å². The van der Waals surface area contributed by atoms with Gasteiger partial charge in [-0.05, 0) is 37.6 Å². The van der Waals surface area contributed by atoms with E-state index in [4.69, 9.17) is 0 Å². The van der Waals surface area contributed by atoms with Crippen LogP contribution in [0, 0.1) is 5.21 Å². The van der Waals surface area contributed by atoms with Gasteiger partial charge in [0.1, 0.15) is 0 Å². The number of carbonyl (C=O) groups excluding carboxylic acids is 2. The zero-order valence-corrected chi connectivity index (χ0v) is 13.6. The number of pyridine rings is 1. The minimum Gasteiger partial charge on any atom is -0.618 e. The molecule has 0 fully saturated rings. The zero-order chi connectivity index (χ0) is 17.5. The molecule has 1 aromatic heterocycles. The highest BCUT2D eigenvalue weighted by molar-refractivity contribution is 5.91. The molecule has 1 heterocycles. The average Bonchev–Trinajstić information content (AvgIpc) is 2.53. The fourth-order valence-corrected chi connectivity index (χ4v) is 2.01. The van der Waals surface area contributed by atoms with Crippen LogP contribution in [-0.4, -0.2) is 18.0 Å². The molecule has 2 aromatic rings. The summed E-state index contributed by atoms with van der Waals surface area (Å²) in [5.74, 6) is -0.441. The van der Waals surface area contributed by atoms with E-state index in [9.17, 15) is 14.8 Å². The summed E-state index contributed by atoms with van der Waals surface area (Å²) < 4.78 is 0.524. The third-order valence-corrected chi connectivity index (χ3v) is 3.14. The molecule has 0 saturated heterocycles. The summed E-state index contributed by atoms with van der Waals surface area (Å²) in [5.41, 5.74) is 1.55. The summed E-state index contributed by atoms with van der Waals surface area (Å²) in [6, 6.07) is 11.5. The summed E-state index contributed by atoms with van der Waals surface area (Å²) in [7, 11) is 0. The Balaban J connectivity index is 1.89. The highest BCUT2D eigenvalue weighted by Crippen LogP contribution is 2.09. The fraction of sp³-hybridized carbons (Fsp3) is 0.235. The maximum absolute atomic E-state index is 12.0. The average molecular weight is 328 g/mol. The maximum atomic E-state index is 12.0. The summed E-state index contributed by atoms with van der Waals surface area (Å²) in [5, 5.41) is 19.6. The van der Waals surface area contributed by atoms with Gasteiger partial charge in [-0.3, -0.25) is 4.79 Å². The molecule has 0 saturated carbocycles. The van der Waals surface area contributed by atoms with E-state index < -0.39 is 5.91 Å². The van der Waals surface area contributed by atoms with Crippen molar-refractivity contribution in [2.45, 2.75) is 26.4 Å². The molecule has 0 aliphatic heterocycles. The molecule has 7 nitrogen and oxygen atoms in total. The first kappa shape index (κ1) is 17.3. The molecule has 24 heavy (non-hydrogen) atoms. The zero-order valence-electron chi connectivity index (χ0n) is 13.6. The van der Waals surface area contributed by atoms with Crippen molar-refractivity contribution in [2.75, 3.05) is 5.32 Å². The molecule has 3 amide bonds. The predicted octanol–water partition coefficient (Wildman–Crippen LogP) is 1.78. The van der Waals surface area contributed by atoms with Crippen molar-refractivity contribution in [3.63, 3.8) is 0 Å². The quantitative estimate of drug-likeness (QED) is 0.576. The lowest BCUT2D eigenvalue weighted by Gasteiger charge is -2.10. The number of hydrogen-bond acceptors (Lipinski definition) is 3. The normalized spacial score (nSPS) is 10.3. The number of hydrogen-bond donors (Lipinski definition) is 3. The van der Waals surface area contributed by atoms with Crippen molar-refractivity contribution in [1.29, 1.82) is 0 Å². The van der Waals surface area contributed by atoms with Gasteiger partial charge in [0.15, 0.2) is 6.20 Å². The van der Waals surface area contributed by atoms with Crippen molar-refractivity contribution in [2.24, 2.45) is 0 Å². The fourth-order valence-electron chi connectivity index (χ4n) is 2.01. The Labute approximate surface area is 140 Å². The number of urea groups is 1. The van der Waals surface area contributed by atoms with E-state index in [1.807, 2.05) is 13.8 Å². The summed E-state index contributed by atoms with van der Waals surface area (Å²) >= 11 is 0. The molecule has 0 radical (unpaired) electrons. The number of nitrogens with one attached hydrogen (secondary N) is 3. The Kier molecular flexibility index (Phi) is 5.73. The van der Waals surface area contributed by atoms with E-state index in [1.54, 1.807) is 36.4 Å². The lowest BCUT2D eigenvalue weighted by molar-refractivity contribution is -0.607. The molecule has 0 atom stereocenters. The number of amides is 3. The van der Waals surface area contributed by atoms with Crippen molar-refractivity contribution in [3.05, 3.63) is 65.1 Å². The second kappa shape index (κ2) is 7.96. The van der Waals surface area contributed by atoms with Crippen LogP contribution in [0.3, 0.4) is 0 Å². The molecule has 0 unspecified atom stereocenters. The monoisotopic (exact) mass is 328 g/mol. The van der Waals surface area contributed by atoms with Gasteiger partial charge in [-0.25, -0.2) is 4.79 Å². The van der Waals surface area contributed by atoms with E-state index in [1.165, 1.54) is 12.3 Å². The minimum atomic E-state index is -0.441. The standard InChI is InChI=1S/C17H20N4O3/c1-12(2)19-17(23)20-14-8-6-13(7-9-14)11-18-16(22)15-5-3-4-10-21(15)24/h3-10,12H,11H2,1-2H3,(H,18,22)(H2,19,20,23). The number of benzene rings is 1. The van der Waals surface area contributed by atoms with Crippen LogP contribution in [0.4, 0.5) is 10.5 Å². The topological polar surface area (TPSA) is 97.2 Å². The van der Waals surface area contributed by atoms with Gasteiger partial charge in [-0.15, -0.1) is 0 Å². The summed E-state index contributed by atoms with van der Waals surface area (Å²) in [6.45, 7) is 4.04. The van der Waals surface area contributed by atoms with Crippen LogP contribution in [0.5, 0.6) is 0 Å². The molecule has 126 valence electrons. The number of anilines is 1. The van der Waals surface area contributed by atoms with Crippen LogP contribution in [0.25, 0.3) is 0 Å². The Morgan fingerprint density at radius 2 is 1.83 bits per heavy atom. The Morgan fingerprint density at radius 1 is 1.12 bits per heavy atom. The lowest BCUT2D eigenvalue weighted by atomic mass is 10.2. The van der Waals surface area contributed by atoms with Crippen molar-refractivity contribution in [3.8, 4) is 0 Å². The van der Waals surface area contributed by atoms with Gasteiger partial charge in [0.05, 0.1) is 0 Å². The second-order valence-electron chi connectivity index (χ2n) is 5.54. The molecule has 3 N–H and O–H groups in total. The minimum absolute atomic E-state index is 0.0427. The molecule has 2 rings (SSSR count). The molecular formula is C17H20N4O3. The van der Waals surface area contributed by atoms with Gasteiger partial charge in [0.25, 0.3) is 5.69 Å². The van der Waals surface area contributed by atoms with E-state index in [-0.39, 0.29) is 24.3 Å². The van der Waals surface area contributed by atoms with Crippen molar-refractivity contribution >= 4 is 17.6 Å². The third-order valence-electron chi connectivity index (χ3n) is 3.14. The van der Waals surface area contributed by atoms with Crippen LogP contribution in [-0.2, 0) is 6.54 Å². The largest absolute Gasteiger partial charge is 0.618 e. The van der Waals surface area contributed by atoms with Crippen LogP contribution in [0.1, 0.15) is 29.9 Å². The number of carbonyl (C=O) groups is 2. The van der Waals surface area contributed by atoms with E-state index in [0.717, 1.165) is 5.56 Å². The van der Waals surface area contributed by atoms with E-state index >= 15 is 0 Å². The molecule has 0 aliphatic rings. The molecule has 0 spiro atoms. The third kappa shape index (κ3) is 4.98. The number of aromatic nitrogens is 1. The highest BCUT2D eigenvalue weighted by Gasteiger charge is 2.14. The summed E-state index contributed by atoms with van der Waals surface area (Å²) in [6.07, 6.45) is 1.28. The second-order valence-corrected chi connectivity index (χ2v) is 5.54. The van der Waals surface area contributed by atoms with Crippen molar-refractivity contribution < 1.29 is 14.3 Å². The first-order valence-corrected chi connectivity index (χ1v) is 7.58. The molecule has 1 aromatic carbocycles. The molecule has 0 aliphatic carbocycles. The van der Waals surface area contributed by atoms with E-state index in [0.29, 0.717) is 10.4 Å². The molecular weight excluding hydrogens is 308 g/mol. The van der Waals surface area contributed by atoms with Crippen LogP contribution < -0.4 is 20.7 Å². The van der Waals surface area contributed by atoms with E-state index in [2.05, 4.69) is 16.0 Å². The first-order valence-electron chi connectivity index (χ1n) is 7.58. The Hall–Kier alpha value is -3.09. The summed E-state index contributed by atoms with van der Waals surface area (Å²) in [4.78, 5) is 23.6. The highest BCUT2D eigenvalue weighted by atomic mass is 16.5. The van der Waals surface area contributed by atoms with Crippen LogP contribution in [0.2, 0.25) is 0 Å². The van der Waals surface area contributed by atoms with Crippen LogP contribution >= 0.6 is 0 Å². The molecule has 0 bridgehead atoms. The SMILES string of the molecule is CC(C)NC(=O)Nc1ccc(CNC(=O)c2cccc[n+]2[O-])cc1. The van der Waals surface area contributed by atoms with Gasteiger partial charge in [0.2, 0.25) is 0 Å². The van der Waals surface area contributed by atoms with Crippen LogP contribution in [0.15, 0.2) is 48.7 Å². The number of nitrogens with zero attached hydrogens (tertiary/aromatic N) is 1. The Morgan fingerprint density at radius 3 is 2.46 bits per heavy atom. The van der Waals surface area contributed by atoms with Gasteiger partial charge in [0, 0.05) is 30.4 Å². The smallest absolute Gasteiger partial charge is 0.319 e. The lowest BCUT2D eigenvalue weighted by Crippen LogP contribution is -2.38. The van der Waals surface area contributed by atoms with Gasteiger partial charge >= 0.3 is 11.9 Å². The predicted molar refractivity (Wildman–Crippen MR) is 90.3 cm³/mol. The van der Waals surface area contributed by atoms with Gasteiger partial charge < -0.3 is 21.2 Å². The van der Waals surface area contributed by atoms with Gasteiger partial charge in [-0.2, -0.15) is 4.73 Å². The maximum Gasteiger partial charge on any atom is 0.319 e.